The van der Waals surface area contributed by atoms with Crippen molar-refractivity contribution < 1.29 is 0 Å². The minimum absolute atomic E-state index is 0.716. The van der Waals surface area contributed by atoms with E-state index in [1.165, 1.54) is 70.9 Å². The van der Waals surface area contributed by atoms with Crippen molar-refractivity contribution in [1.82, 2.24) is 10.2 Å². The monoisotopic (exact) mass is 280 g/mol. The molecule has 2 rings (SSSR count). The number of hydrogen-bond donors (Lipinski definition) is 1. The third kappa shape index (κ3) is 4.21. The molecule has 0 aromatic heterocycles. The van der Waals surface area contributed by atoms with Crippen molar-refractivity contribution in [2.24, 2.45) is 5.92 Å². The summed E-state index contributed by atoms with van der Waals surface area (Å²) in [5.41, 5.74) is 0. The van der Waals surface area contributed by atoms with E-state index >= 15 is 0 Å². The number of rotatable bonds is 4. The number of piperazine rings is 1. The summed E-state index contributed by atoms with van der Waals surface area (Å²) in [5.74, 6) is 0.809. The molecule has 0 spiro atoms. The van der Waals surface area contributed by atoms with E-state index in [-0.39, 0.29) is 0 Å². The van der Waals surface area contributed by atoms with Crippen molar-refractivity contribution in [3.63, 3.8) is 0 Å². The Balaban J connectivity index is 1.99. The molecule has 2 fully saturated rings. The van der Waals surface area contributed by atoms with Gasteiger partial charge in [0.05, 0.1) is 0 Å². The maximum absolute atomic E-state index is 3.83. The van der Waals surface area contributed by atoms with Crippen LogP contribution >= 0.6 is 0 Å². The highest BCUT2D eigenvalue weighted by atomic mass is 15.3. The van der Waals surface area contributed by atoms with Crippen LogP contribution < -0.4 is 5.32 Å². The maximum atomic E-state index is 3.83. The van der Waals surface area contributed by atoms with E-state index in [0.29, 0.717) is 6.04 Å². The first-order valence-electron chi connectivity index (χ1n) is 9.25. The zero-order valence-corrected chi connectivity index (χ0v) is 14.0. The molecule has 0 bridgehead atoms. The van der Waals surface area contributed by atoms with Crippen LogP contribution in [0.2, 0.25) is 0 Å². The summed E-state index contributed by atoms with van der Waals surface area (Å²) in [6, 6.07) is 2.36. The molecule has 2 aliphatic rings. The van der Waals surface area contributed by atoms with Crippen molar-refractivity contribution in [2.75, 3.05) is 13.1 Å². The van der Waals surface area contributed by atoms with Crippen molar-refractivity contribution in [3.8, 4) is 0 Å². The van der Waals surface area contributed by atoms with Crippen LogP contribution in [0.1, 0.15) is 78.6 Å². The summed E-state index contributed by atoms with van der Waals surface area (Å²) in [7, 11) is 0. The van der Waals surface area contributed by atoms with E-state index in [2.05, 4.69) is 31.0 Å². The van der Waals surface area contributed by atoms with Gasteiger partial charge < -0.3 is 5.32 Å². The van der Waals surface area contributed by atoms with Gasteiger partial charge in [0.15, 0.2) is 0 Å². The summed E-state index contributed by atoms with van der Waals surface area (Å²) >= 11 is 0. The Labute approximate surface area is 126 Å². The summed E-state index contributed by atoms with van der Waals surface area (Å²) in [6.45, 7) is 9.62. The average Bonchev–Trinajstić information content (AvgIpc) is 2.45. The van der Waals surface area contributed by atoms with Gasteiger partial charge in [-0.05, 0) is 25.2 Å². The predicted octanol–water partition coefficient (Wildman–Crippen LogP) is 4.20. The molecule has 0 aromatic carbocycles. The van der Waals surface area contributed by atoms with Crippen LogP contribution in [-0.4, -0.2) is 36.1 Å². The van der Waals surface area contributed by atoms with Crippen molar-refractivity contribution in [3.05, 3.63) is 0 Å². The summed E-state index contributed by atoms with van der Waals surface area (Å²) in [6.07, 6.45) is 12.8. The van der Waals surface area contributed by atoms with E-state index in [1.54, 1.807) is 0 Å². The van der Waals surface area contributed by atoms with Crippen LogP contribution in [0.5, 0.6) is 0 Å². The van der Waals surface area contributed by atoms with Crippen molar-refractivity contribution >= 4 is 0 Å². The van der Waals surface area contributed by atoms with Crippen LogP contribution in [0.25, 0.3) is 0 Å². The SMILES string of the molecule is CCC(C)C1CN(C2CCCCCCC2)C(CC)CN1. The molecule has 0 amide bonds. The molecule has 3 unspecified atom stereocenters. The molecule has 1 aliphatic heterocycles. The Bertz CT molecular complexity index is 258. The minimum Gasteiger partial charge on any atom is -0.311 e. The molecular formula is C18H36N2. The zero-order valence-electron chi connectivity index (χ0n) is 14.0. The largest absolute Gasteiger partial charge is 0.311 e. The lowest BCUT2D eigenvalue weighted by Gasteiger charge is -2.46. The molecule has 3 atom stereocenters. The first kappa shape index (κ1) is 16.3. The third-order valence-electron chi connectivity index (χ3n) is 5.84. The molecule has 1 N–H and O–H groups in total. The molecule has 0 aromatic rings. The zero-order chi connectivity index (χ0) is 14.4. The third-order valence-corrected chi connectivity index (χ3v) is 5.84. The van der Waals surface area contributed by atoms with E-state index < -0.39 is 0 Å². The molecule has 1 heterocycles. The maximum Gasteiger partial charge on any atom is 0.0221 e. The van der Waals surface area contributed by atoms with Gasteiger partial charge in [0, 0.05) is 31.2 Å². The Kier molecular flexibility index (Phi) is 6.83. The fourth-order valence-corrected chi connectivity index (χ4v) is 4.10. The second kappa shape index (κ2) is 8.38. The summed E-state index contributed by atoms with van der Waals surface area (Å²) in [4.78, 5) is 2.90. The van der Waals surface area contributed by atoms with Crippen molar-refractivity contribution in [2.45, 2.75) is 96.7 Å². The quantitative estimate of drug-likeness (QED) is 0.830. The van der Waals surface area contributed by atoms with Gasteiger partial charge in [-0.25, -0.2) is 0 Å². The fraction of sp³-hybridized carbons (Fsp3) is 1.00. The van der Waals surface area contributed by atoms with Gasteiger partial charge in [-0.15, -0.1) is 0 Å². The first-order chi connectivity index (χ1) is 9.76. The Morgan fingerprint density at radius 3 is 2.30 bits per heavy atom. The summed E-state index contributed by atoms with van der Waals surface area (Å²) < 4.78 is 0. The smallest absolute Gasteiger partial charge is 0.0221 e. The lowest BCUT2D eigenvalue weighted by molar-refractivity contribution is 0.0521. The lowest BCUT2D eigenvalue weighted by Crippen LogP contribution is -2.60. The van der Waals surface area contributed by atoms with E-state index in [1.807, 2.05) is 0 Å². The second-order valence-corrected chi connectivity index (χ2v) is 7.16. The first-order valence-corrected chi connectivity index (χ1v) is 9.25. The molecule has 20 heavy (non-hydrogen) atoms. The molecular weight excluding hydrogens is 244 g/mol. The Morgan fingerprint density at radius 2 is 1.70 bits per heavy atom. The van der Waals surface area contributed by atoms with Gasteiger partial charge >= 0.3 is 0 Å². The van der Waals surface area contributed by atoms with E-state index in [9.17, 15) is 0 Å². The van der Waals surface area contributed by atoms with Crippen LogP contribution in [0.4, 0.5) is 0 Å². The molecule has 0 radical (unpaired) electrons. The molecule has 2 heteroatoms. The number of hydrogen-bond acceptors (Lipinski definition) is 2. The lowest BCUT2D eigenvalue weighted by atomic mass is 9.90. The molecule has 118 valence electrons. The highest BCUT2D eigenvalue weighted by Crippen LogP contribution is 2.27. The van der Waals surface area contributed by atoms with Crippen LogP contribution in [0.3, 0.4) is 0 Å². The van der Waals surface area contributed by atoms with Gasteiger partial charge in [0.1, 0.15) is 0 Å². The summed E-state index contributed by atoms with van der Waals surface area (Å²) in [5, 5.41) is 3.83. The fourth-order valence-electron chi connectivity index (χ4n) is 4.10. The van der Waals surface area contributed by atoms with Gasteiger partial charge in [-0.3, -0.25) is 4.90 Å². The number of nitrogens with one attached hydrogen (secondary N) is 1. The van der Waals surface area contributed by atoms with Crippen LogP contribution in [0.15, 0.2) is 0 Å². The standard InChI is InChI=1S/C18H36N2/c1-4-15(3)18-14-20(16(5-2)13-19-18)17-11-9-7-6-8-10-12-17/h15-19H,4-14H2,1-3H3. The molecule has 1 saturated carbocycles. The van der Waals surface area contributed by atoms with Crippen LogP contribution in [0, 0.1) is 5.92 Å². The van der Waals surface area contributed by atoms with Gasteiger partial charge in [0.2, 0.25) is 0 Å². The molecule has 2 nitrogen and oxygen atoms in total. The molecule has 1 saturated heterocycles. The topological polar surface area (TPSA) is 15.3 Å². The van der Waals surface area contributed by atoms with Crippen molar-refractivity contribution in [1.29, 1.82) is 0 Å². The van der Waals surface area contributed by atoms with E-state index in [4.69, 9.17) is 0 Å². The average molecular weight is 280 g/mol. The predicted molar refractivity (Wildman–Crippen MR) is 88.1 cm³/mol. The van der Waals surface area contributed by atoms with Gasteiger partial charge in [-0.2, -0.15) is 0 Å². The highest BCUT2D eigenvalue weighted by molar-refractivity contribution is 4.91. The van der Waals surface area contributed by atoms with E-state index in [0.717, 1.165) is 18.0 Å². The van der Waals surface area contributed by atoms with Gasteiger partial charge in [-0.1, -0.05) is 59.3 Å². The Hall–Kier alpha value is -0.0800. The van der Waals surface area contributed by atoms with Crippen LogP contribution in [-0.2, 0) is 0 Å². The Morgan fingerprint density at radius 1 is 1.05 bits per heavy atom. The number of nitrogens with zero attached hydrogens (tertiary/aromatic N) is 1. The minimum atomic E-state index is 0.716. The normalized spacial score (nSPS) is 32.5. The van der Waals surface area contributed by atoms with Gasteiger partial charge in [0.25, 0.3) is 0 Å². The molecule has 1 aliphatic carbocycles. The second-order valence-electron chi connectivity index (χ2n) is 7.16. The highest BCUT2D eigenvalue weighted by Gasteiger charge is 2.33.